The van der Waals surface area contributed by atoms with Crippen LogP contribution in [-0.2, 0) is 9.47 Å². The van der Waals surface area contributed by atoms with E-state index in [-0.39, 0.29) is 22.3 Å². The quantitative estimate of drug-likeness (QED) is 0.112. The maximum absolute atomic E-state index is 14.2. The third kappa shape index (κ3) is 6.19. The van der Waals surface area contributed by atoms with Crippen molar-refractivity contribution in [2.24, 2.45) is 0 Å². The average molecular weight is 827 g/mol. The van der Waals surface area contributed by atoms with Crippen molar-refractivity contribution in [2.75, 3.05) is 0 Å². The van der Waals surface area contributed by atoms with Crippen LogP contribution in [0.25, 0.3) is 89.0 Å². The number of fused-ring (bicyclic) bond motifs is 2. The summed E-state index contributed by atoms with van der Waals surface area (Å²) in [6.45, 7) is 0. The van der Waals surface area contributed by atoms with Crippen molar-refractivity contribution in [1.82, 2.24) is 0 Å². The lowest BCUT2D eigenvalue weighted by Crippen LogP contribution is -2.06. The minimum atomic E-state index is -0.734. The number of carbonyl (C=O) groups excluding carboxylic acids is 4. The Kier molecular flexibility index (Phi) is 9.32. The first-order chi connectivity index (χ1) is 31.5. The van der Waals surface area contributed by atoms with Gasteiger partial charge in [-0.05, 0) is 66.8 Å². The molecule has 2 aliphatic rings. The molecule has 0 spiro atoms. The second-order valence-electron chi connectivity index (χ2n) is 15.6. The SMILES string of the molecule is O=C1OC(=O)c2c1c(-c1ccccc1)c(-c1ccccc1)c(-c1ccccc1)c2-c1ccc(-c2c3c(c(-c4ccccc4)c(-c4ccccc4)c2-c2ccccc2)C(=O)OC3=O)cc1. The highest BCUT2D eigenvalue weighted by Crippen LogP contribution is 2.54. The van der Waals surface area contributed by atoms with E-state index in [1.807, 2.05) is 206 Å². The number of hydrogen-bond donors (Lipinski definition) is 0. The smallest absolute Gasteiger partial charge is 0.347 e. The van der Waals surface area contributed by atoms with E-state index < -0.39 is 23.9 Å². The summed E-state index contributed by atoms with van der Waals surface area (Å²) in [6.07, 6.45) is 0. The summed E-state index contributed by atoms with van der Waals surface area (Å²) in [4.78, 5) is 56.4. The molecule has 0 aromatic heterocycles. The van der Waals surface area contributed by atoms with Gasteiger partial charge in [0.2, 0.25) is 0 Å². The van der Waals surface area contributed by atoms with Crippen molar-refractivity contribution >= 4 is 23.9 Å². The molecule has 0 saturated carbocycles. The van der Waals surface area contributed by atoms with Gasteiger partial charge in [0, 0.05) is 22.3 Å². The summed E-state index contributed by atoms with van der Waals surface area (Å²) in [6, 6.07) is 66.2. The third-order valence-electron chi connectivity index (χ3n) is 12.0. The van der Waals surface area contributed by atoms with Gasteiger partial charge in [-0.3, -0.25) is 0 Å². The van der Waals surface area contributed by atoms with Crippen LogP contribution in [0.15, 0.2) is 206 Å². The average Bonchev–Trinajstić information content (AvgIpc) is 3.83. The van der Waals surface area contributed by atoms with Crippen molar-refractivity contribution < 1.29 is 28.7 Å². The highest BCUT2D eigenvalue weighted by atomic mass is 16.6. The molecule has 0 N–H and O–H groups in total. The van der Waals surface area contributed by atoms with Gasteiger partial charge in [-0.2, -0.15) is 0 Å². The molecule has 9 aromatic carbocycles. The number of carbonyl (C=O) groups is 4. The van der Waals surface area contributed by atoms with E-state index in [2.05, 4.69) is 0 Å². The molecule has 0 unspecified atom stereocenters. The zero-order valence-corrected chi connectivity index (χ0v) is 34.1. The minimum Gasteiger partial charge on any atom is -0.386 e. The zero-order chi connectivity index (χ0) is 43.3. The monoisotopic (exact) mass is 826 g/mol. The van der Waals surface area contributed by atoms with Crippen LogP contribution in [0.3, 0.4) is 0 Å². The van der Waals surface area contributed by atoms with Crippen LogP contribution in [-0.4, -0.2) is 23.9 Å². The second-order valence-corrected chi connectivity index (χ2v) is 15.6. The molecule has 0 bridgehead atoms. The Balaban J connectivity index is 1.24. The number of rotatable bonds is 8. The Morgan fingerprint density at radius 2 is 0.312 bits per heavy atom. The molecule has 0 atom stereocenters. The Labute approximate surface area is 368 Å². The first-order valence-electron chi connectivity index (χ1n) is 20.9. The maximum atomic E-state index is 14.2. The van der Waals surface area contributed by atoms with Crippen molar-refractivity contribution in [1.29, 1.82) is 0 Å². The predicted molar refractivity (Wildman–Crippen MR) is 249 cm³/mol. The second kappa shape index (κ2) is 15.6. The van der Waals surface area contributed by atoms with E-state index in [9.17, 15) is 19.2 Å². The van der Waals surface area contributed by atoms with Gasteiger partial charge in [0.05, 0.1) is 22.3 Å². The van der Waals surface area contributed by atoms with Gasteiger partial charge < -0.3 is 9.47 Å². The van der Waals surface area contributed by atoms with E-state index in [1.165, 1.54) is 0 Å². The van der Waals surface area contributed by atoms with Crippen LogP contribution in [0.2, 0.25) is 0 Å². The summed E-state index contributed by atoms with van der Waals surface area (Å²) >= 11 is 0. The highest BCUT2D eigenvalue weighted by molar-refractivity contribution is 6.27. The van der Waals surface area contributed by atoms with Crippen LogP contribution in [0, 0.1) is 0 Å². The van der Waals surface area contributed by atoms with Gasteiger partial charge in [-0.1, -0.05) is 206 Å². The summed E-state index contributed by atoms with van der Waals surface area (Å²) in [5, 5.41) is 0. The Morgan fingerprint density at radius 3 is 0.484 bits per heavy atom. The fraction of sp³-hybridized carbons (Fsp3) is 0. The molecule has 0 fully saturated rings. The minimum absolute atomic E-state index is 0.175. The van der Waals surface area contributed by atoms with Crippen LogP contribution in [0.5, 0.6) is 0 Å². The maximum Gasteiger partial charge on any atom is 0.347 e. The van der Waals surface area contributed by atoms with Crippen molar-refractivity contribution in [3.63, 3.8) is 0 Å². The molecule has 2 aliphatic heterocycles. The topological polar surface area (TPSA) is 86.7 Å². The number of ether oxygens (including phenoxy) is 2. The largest absolute Gasteiger partial charge is 0.386 e. The fourth-order valence-electron chi connectivity index (χ4n) is 9.43. The third-order valence-corrected chi connectivity index (χ3v) is 12.0. The number of cyclic esters (lactones) is 4. The van der Waals surface area contributed by atoms with Gasteiger partial charge in [0.1, 0.15) is 0 Å². The Hall–Kier alpha value is -8.74. The van der Waals surface area contributed by atoms with Crippen LogP contribution < -0.4 is 0 Å². The lowest BCUT2D eigenvalue weighted by Gasteiger charge is -2.24. The van der Waals surface area contributed by atoms with Crippen LogP contribution in [0.1, 0.15) is 41.4 Å². The molecule has 11 rings (SSSR count). The predicted octanol–water partition coefficient (Wildman–Crippen LogP) is 13.6. The molecule has 0 saturated heterocycles. The molecule has 2 heterocycles. The molecular formula is C58H34O6. The first-order valence-corrected chi connectivity index (χ1v) is 20.9. The van der Waals surface area contributed by atoms with Crippen LogP contribution >= 0.6 is 0 Å². The molecule has 0 amide bonds. The first kappa shape index (κ1) is 38.2. The van der Waals surface area contributed by atoms with E-state index in [1.54, 1.807) is 0 Å². The van der Waals surface area contributed by atoms with E-state index in [0.29, 0.717) is 33.4 Å². The van der Waals surface area contributed by atoms with Gasteiger partial charge in [-0.15, -0.1) is 0 Å². The van der Waals surface area contributed by atoms with Gasteiger partial charge in [-0.25, -0.2) is 19.2 Å². The number of benzene rings is 9. The summed E-state index contributed by atoms with van der Waals surface area (Å²) in [5.74, 6) is -2.90. The Bertz CT molecular complexity index is 3100. The Morgan fingerprint density at radius 1 is 0.172 bits per heavy atom. The molecule has 6 nitrogen and oxygen atoms in total. The fourth-order valence-corrected chi connectivity index (χ4v) is 9.43. The lowest BCUT2D eigenvalue weighted by molar-refractivity contribution is 0.0426. The molecule has 9 aromatic rings. The molecule has 0 radical (unpaired) electrons. The number of hydrogen-bond acceptors (Lipinski definition) is 6. The molecule has 0 aliphatic carbocycles. The van der Waals surface area contributed by atoms with Crippen molar-refractivity contribution in [3.05, 3.63) is 229 Å². The van der Waals surface area contributed by atoms with Crippen molar-refractivity contribution in [2.45, 2.75) is 0 Å². The molecular weight excluding hydrogens is 793 g/mol. The van der Waals surface area contributed by atoms with Crippen LogP contribution in [0.4, 0.5) is 0 Å². The summed E-state index contributed by atoms with van der Waals surface area (Å²) in [5.41, 5.74) is 12.3. The lowest BCUT2D eigenvalue weighted by atomic mass is 9.76. The number of esters is 4. The standard InChI is InChI=1S/C58H34O6/c59-55-51-47(39-27-15-5-16-28-39)43(35-19-7-1-8-20-35)45(37-23-11-3-12-24-37)49(53(51)57(61)63-55)41-31-33-42(34-32-41)50-46(38-25-13-4-14-26-38)44(36-21-9-2-10-22-36)48(40-29-17-6-18-30-40)52-54(50)58(62)64-56(52)60/h1-34H. The van der Waals surface area contributed by atoms with Gasteiger partial charge >= 0.3 is 23.9 Å². The highest BCUT2D eigenvalue weighted by Gasteiger charge is 2.42. The van der Waals surface area contributed by atoms with Gasteiger partial charge in [0.15, 0.2) is 0 Å². The zero-order valence-electron chi connectivity index (χ0n) is 34.1. The molecule has 302 valence electrons. The van der Waals surface area contributed by atoms with E-state index in [0.717, 1.165) is 55.6 Å². The van der Waals surface area contributed by atoms with Crippen molar-refractivity contribution in [3.8, 4) is 89.0 Å². The van der Waals surface area contributed by atoms with E-state index >= 15 is 0 Å². The molecule has 64 heavy (non-hydrogen) atoms. The normalized spacial score (nSPS) is 12.8. The molecule has 6 heteroatoms. The summed E-state index contributed by atoms with van der Waals surface area (Å²) in [7, 11) is 0. The van der Waals surface area contributed by atoms with Gasteiger partial charge in [0.25, 0.3) is 0 Å². The van der Waals surface area contributed by atoms with E-state index in [4.69, 9.17) is 9.47 Å². The summed E-state index contributed by atoms with van der Waals surface area (Å²) < 4.78 is 11.0.